The number of aliphatic hydroxyl groups is 1. The first kappa shape index (κ1) is 22.5. The molecule has 5 rings (SSSR count). The Bertz CT molecular complexity index is 1160. The maximum absolute atomic E-state index is 13.1. The van der Waals surface area contributed by atoms with Crippen molar-refractivity contribution in [1.29, 1.82) is 0 Å². The van der Waals surface area contributed by atoms with Gasteiger partial charge in [-0.2, -0.15) is 4.98 Å². The number of fused-ring (bicyclic) bond motifs is 2. The summed E-state index contributed by atoms with van der Waals surface area (Å²) in [6, 6.07) is 3.80. The fraction of sp³-hybridized carbons (Fsp3) is 0.500. The number of nitrogens with one attached hydrogen (secondary N) is 1. The molecule has 1 atom stereocenters. The summed E-state index contributed by atoms with van der Waals surface area (Å²) in [6.07, 6.45) is 7.62. The molecule has 3 heterocycles. The predicted octanol–water partition coefficient (Wildman–Crippen LogP) is 4.97. The summed E-state index contributed by atoms with van der Waals surface area (Å²) in [7, 11) is 1.80. The number of carbonyl (C=O) groups excluding carboxylic acids is 1. The highest BCUT2D eigenvalue weighted by Gasteiger charge is 2.41. The molecule has 0 spiro atoms. The number of hydrogen-bond acceptors (Lipinski definition) is 7. The van der Waals surface area contributed by atoms with Crippen LogP contribution in [0.15, 0.2) is 24.9 Å². The number of aromatic nitrogens is 2. The van der Waals surface area contributed by atoms with E-state index in [0.29, 0.717) is 29.7 Å². The van der Waals surface area contributed by atoms with E-state index < -0.39 is 5.60 Å². The molecule has 3 aliphatic rings. The third-order valence-corrected chi connectivity index (χ3v) is 7.21. The molecule has 34 heavy (non-hydrogen) atoms. The Morgan fingerprint density at radius 3 is 2.74 bits per heavy atom. The molecular weight excluding hydrogens is 430 g/mol. The number of carbonyl (C=O) groups is 1. The van der Waals surface area contributed by atoms with Gasteiger partial charge in [-0.05, 0) is 45.2 Å². The molecule has 2 N–H and O–H groups in total. The lowest BCUT2D eigenvalue weighted by Crippen LogP contribution is -2.55. The summed E-state index contributed by atoms with van der Waals surface area (Å²) in [5.41, 5.74) is 2.70. The molecular formula is C26H33N5O3. The summed E-state index contributed by atoms with van der Waals surface area (Å²) in [6.45, 7) is 9.80. The van der Waals surface area contributed by atoms with E-state index in [9.17, 15) is 9.90 Å². The van der Waals surface area contributed by atoms with Gasteiger partial charge in [-0.15, -0.1) is 0 Å². The Balaban J connectivity index is 1.55. The van der Waals surface area contributed by atoms with Crippen LogP contribution in [-0.4, -0.2) is 45.7 Å². The molecule has 0 radical (unpaired) electrons. The van der Waals surface area contributed by atoms with Crippen LogP contribution in [0.5, 0.6) is 5.75 Å². The van der Waals surface area contributed by atoms with Gasteiger partial charge in [-0.1, -0.05) is 26.3 Å². The molecule has 8 heteroatoms. The molecule has 1 aromatic carbocycles. The first-order valence-electron chi connectivity index (χ1n) is 12.1. The van der Waals surface area contributed by atoms with E-state index in [4.69, 9.17) is 9.72 Å². The summed E-state index contributed by atoms with van der Waals surface area (Å²) in [5.74, 6) is 2.06. The molecule has 1 fully saturated rings. The van der Waals surface area contributed by atoms with Crippen LogP contribution in [0.2, 0.25) is 0 Å². The standard InChI is InChI=1S/C26H33N5O3/c1-6-20-24(33)30(5)21-14-27-25(29-23(21)31(20)16-9-7-8-10-16)28-19-12-11-17(15(2)32)18-13-26(3,4)34-22(18)19/h11-12,14,16,20,32H,2,6-10,13H2,1,3-5H3,(H,27,28,29)/t20-/m1/s1. The van der Waals surface area contributed by atoms with E-state index in [1.54, 1.807) is 18.1 Å². The van der Waals surface area contributed by atoms with Crippen LogP contribution in [0.25, 0.3) is 5.76 Å². The van der Waals surface area contributed by atoms with Crippen molar-refractivity contribution < 1.29 is 14.6 Å². The number of anilines is 4. The minimum Gasteiger partial charge on any atom is -0.508 e. The number of likely N-dealkylation sites (N-methyl/N-ethyl adjacent to an activating group) is 1. The van der Waals surface area contributed by atoms with Gasteiger partial charge in [0.2, 0.25) is 11.9 Å². The Hall–Kier alpha value is -3.29. The maximum atomic E-state index is 13.1. The lowest BCUT2D eigenvalue weighted by molar-refractivity contribution is -0.120. The van der Waals surface area contributed by atoms with Crippen molar-refractivity contribution in [3.63, 3.8) is 0 Å². The number of rotatable bonds is 5. The molecule has 180 valence electrons. The van der Waals surface area contributed by atoms with Gasteiger partial charge in [-0.3, -0.25) is 4.79 Å². The van der Waals surface area contributed by atoms with Gasteiger partial charge in [0, 0.05) is 30.6 Å². The van der Waals surface area contributed by atoms with Crippen molar-refractivity contribution in [2.45, 2.75) is 77.0 Å². The monoisotopic (exact) mass is 463 g/mol. The van der Waals surface area contributed by atoms with E-state index >= 15 is 0 Å². The maximum Gasteiger partial charge on any atom is 0.249 e. The quantitative estimate of drug-likeness (QED) is 0.605. The van der Waals surface area contributed by atoms with E-state index in [1.807, 2.05) is 26.0 Å². The van der Waals surface area contributed by atoms with E-state index in [0.717, 1.165) is 42.0 Å². The van der Waals surface area contributed by atoms with Crippen molar-refractivity contribution >= 4 is 34.8 Å². The summed E-state index contributed by atoms with van der Waals surface area (Å²) in [5, 5.41) is 13.4. The Kier molecular flexibility index (Phi) is 5.41. The highest BCUT2D eigenvalue weighted by atomic mass is 16.5. The first-order chi connectivity index (χ1) is 16.2. The topological polar surface area (TPSA) is 90.8 Å². The number of nitrogens with zero attached hydrogens (tertiary/aromatic N) is 4. The van der Waals surface area contributed by atoms with Crippen molar-refractivity contribution in [3.05, 3.63) is 36.0 Å². The first-order valence-corrected chi connectivity index (χ1v) is 12.1. The minimum absolute atomic E-state index is 0.0275. The largest absolute Gasteiger partial charge is 0.508 e. The summed E-state index contributed by atoms with van der Waals surface area (Å²) < 4.78 is 6.24. The molecule has 0 bridgehead atoms. The molecule has 0 saturated heterocycles. The second-order valence-corrected chi connectivity index (χ2v) is 10.1. The van der Waals surface area contributed by atoms with E-state index in [2.05, 4.69) is 28.7 Å². The minimum atomic E-state index is -0.391. The fourth-order valence-electron chi connectivity index (χ4n) is 5.59. The average Bonchev–Trinajstić information content (AvgIpc) is 3.43. The summed E-state index contributed by atoms with van der Waals surface area (Å²) >= 11 is 0. The van der Waals surface area contributed by atoms with E-state index in [1.165, 1.54) is 12.8 Å². The normalized spacial score (nSPS) is 21.3. The van der Waals surface area contributed by atoms with Crippen LogP contribution in [0.4, 0.5) is 23.1 Å². The molecule has 2 aliphatic heterocycles. The number of aliphatic hydroxyl groups excluding tert-OH is 1. The van der Waals surface area contributed by atoms with Gasteiger partial charge >= 0.3 is 0 Å². The van der Waals surface area contributed by atoms with Crippen LogP contribution in [0.1, 0.15) is 64.0 Å². The molecule has 0 unspecified atom stereocenters. The molecule has 1 aromatic heterocycles. The second-order valence-electron chi connectivity index (χ2n) is 10.1. The van der Waals surface area contributed by atoms with Crippen LogP contribution in [0.3, 0.4) is 0 Å². The molecule has 1 saturated carbocycles. The van der Waals surface area contributed by atoms with Crippen LogP contribution < -0.4 is 19.9 Å². The van der Waals surface area contributed by atoms with Gasteiger partial charge < -0.3 is 25.0 Å². The van der Waals surface area contributed by atoms with Gasteiger partial charge in [0.05, 0.1) is 11.9 Å². The van der Waals surface area contributed by atoms with Gasteiger partial charge in [0.25, 0.3) is 0 Å². The molecule has 1 amide bonds. The van der Waals surface area contributed by atoms with Crippen molar-refractivity contribution in [1.82, 2.24) is 9.97 Å². The lowest BCUT2D eigenvalue weighted by atomic mass is 9.96. The number of hydrogen-bond donors (Lipinski definition) is 2. The van der Waals surface area contributed by atoms with Crippen molar-refractivity contribution in [3.8, 4) is 5.75 Å². The Labute approximate surface area is 200 Å². The van der Waals surface area contributed by atoms with Crippen LogP contribution in [-0.2, 0) is 11.2 Å². The number of ether oxygens (including phenoxy) is 1. The lowest BCUT2D eigenvalue weighted by Gasteiger charge is -2.43. The Morgan fingerprint density at radius 2 is 2.06 bits per heavy atom. The fourth-order valence-corrected chi connectivity index (χ4v) is 5.59. The van der Waals surface area contributed by atoms with Crippen LogP contribution in [0, 0.1) is 0 Å². The highest BCUT2D eigenvalue weighted by molar-refractivity contribution is 6.04. The van der Waals surface area contributed by atoms with Gasteiger partial charge in [0.15, 0.2) is 5.82 Å². The predicted molar refractivity (Wildman–Crippen MR) is 134 cm³/mol. The van der Waals surface area contributed by atoms with Gasteiger partial charge in [-0.25, -0.2) is 4.98 Å². The summed E-state index contributed by atoms with van der Waals surface area (Å²) in [4.78, 5) is 26.5. The zero-order chi connectivity index (χ0) is 24.2. The molecule has 8 nitrogen and oxygen atoms in total. The van der Waals surface area contributed by atoms with Gasteiger partial charge in [0.1, 0.15) is 28.8 Å². The third-order valence-electron chi connectivity index (χ3n) is 7.21. The SMILES string of the molecule is C=C(O)c1ccc(Nc2ncc3c(n2)N(C2CCCC2)[C@H](CC)C(=O)N3C)c2c1CC(C)(C)O2. The zero-order valence-electron chi connectivity index (χ0n) is 20.4. The smallest absolute Gasteiger partial charge is 0.249 e. The van der Waals surface area contributed by atoms with Crippen molar-refractivity contribution in [2.24, 2.45) is 0 Å². The highest BCUT2D eigenvalue weighted by Crippen LogP contribution is 2.45. The second kappa shape index (κ2) is 8.18. The Morgan fingerprint density at radius 1 is 1.32 bits per heavy atom. The zero-order valence-corrected chi connectivity index (χ0v) is 20.4. The van der Waals surface area contributed by atoms with Crippen LogP contribution >= 0.6 is 0 Å². The number of amides is 1. The molecule has 1 aliphatic carbocycles. The van der Waals surface area contributed by atoms with E-state index in [-0.39, 0.29) is 17.7 Å². The van der Waals surface area contributed by atoms with Crippen molar-refractivity contribution in [2.75, 3.05) is 22.2 Å². The average molecular weight is 464 g/mol. The third kappa shape index (κ3) is 3.65. The number of benzene rings is 1. The molecule has 2 aromatic rings.